The van der Waals surface area contributed by atoms with Gasteiger partial charge in [-0.3, -0.25) is 4.79 Å². The molecule has 0 spiro atoms. The third-order valence-electron chi connectivity index (χ3n) is 6.58. The maximum absolute atomic E-state index is 13.4. The Kier molecular flexibility index (Phi) is 7.03. The Hall–Kier alpha value is -3.29. The van der Waals surface area contributed by atoms with Crippen LogP contribution in [0.1, 0.15) is 42.6 Å². The van der Waals surface area contributed by atoms with Crippen LogP contribution >= 0.6 is 11.6 Å². The molecule has 7 nitrogen and oxygen atoms in total. The van der Waals surface area contributed by atoms with Crippen molar-refractivity contribution in [1.82, 2.24) is 15.5 Å². The van der Waals surface area contributed by atoms with Crippen LogP contribution in [0.5, 0.6) is 5.75 Å². The van der Waals surface area contributed by atoms with Crippen LogP contribution in [0, 0.1) is 20.8 Å². The van der Waals surface area contributed by atoms with Crippen LogP contribution in [0.3, 0.4) is 0 Å². The lowest BCUT2D eigenvalue weighted by molar-refractivity contribution is 0.271. The van der Waals surface area contributed by atoms with Crippen molar-refractivity contribution in [2.24, 2.45) is 0 Å². The molecule has 2 aromatic carbocycles. The van der Waals surface area contributed by atoms with Gasteiger partial charge in [-0.25, -0.2) is 0 Å². The first-order chi connectivity index (χ1) is 17.4. The highest BCUT2D eigenvalue weighted by molar-refractivity contribution is 6.34. The molecule has 0 saturated carbocycles. The summed E-state index contributed by atoms with van der Waals surface area (Å²) in [6.45, 7) is 7.43. The molecule has 0 radical (unpaired) electrons. The zero-order valence-electron chi connectivity index (χ0n) is 20.8. The summed E-state index contributed by atoms with van der Waals surface area (Å²) in [7, 11) is 0. The Morgan fingerprint density at radius 3 is 2.61 bits per heavy atom. The molecule has 1 fully saturated rings. The molecule has 5 rings (SSSR count). The number of aryl methyl sites for hydroxylation is 3. The first-order valence-electron chi connectivity index (χ1n) is 12.4. The zero-order chi connectivity index (χ0) is 25.2. The van der Waals surface area contributed by atoms with Gasteiger partial charge in [0.25, 0.3) is 5.56 Å². The van der Waals surface area contributed by atoms with E-state index in [0.29, 0.717) is 51.8 Å². The van der Waals surface area contributed by atoms with Gasteiger partial charge in [-0.05, 0) is 64.3 Å². The Morgan fingerprint density at radius 2 is 1.92 bits per heavy atom. The van der Waals surface area contributed by atoms with Crippen LogP contribution in [0.4, 0.5) is 11.5 Å². The maximum Gasteiger partial charge on any atom is 0.260 e. The number of ether oxygens (including phenoxy) is 1. The molecule has 1 aliphatic heterocycles. The lowest BCUT2D eigenvalue weighted by Gasteiger charge is -2.24. The second kappa shape index (κ2) is 10.4. The highest BCUT2D eigenvalue weighted by Gasteiger charge is 2.20. The highest BCUT2D eigenvalue weighted by atomic mass is 35.5. The molecule has 1 atom stereocenters. The van der Waals surface area contributed by atoms with Gasteiger partial charge in [-0.1, -0.05) is 52.5 Å². The molecule has 1 saturated heterocycles. The molecular formula is C28H31ClN4O3. The lowest BCUT2D eigenvalue weighted by Crippen LogP contribution is -2.35. The molecule has 1 aliphatic rings. The van der Waals surface area contributed by atoms with Gasteiger partial charge in [0, 0.05) is 17.5 Å². The van der Waals surface area contributed by atoms with Crippen molar-refractivity contribution in [3.8, 4) is 16.9 Å². The van der Waals surface area contributed by atoms with Gasteiger partial charge >= 0.3 is 0 Å². The van der Waals surface area contributed by atoms with E-state index in [1.54, 1.807) is 12.1 Å². The molecule has 0 aliphatic carbocycles. The molecule has 4 aromatic rings. The number of pyridine rings is 1. The van der Waals surface area contributed by atoms with Gasteiger partial charge in [0.2, 0.25) is 0 Å². The van der Waals surface area contributed by atoms with Crippen molar-refractivity contribution < 1.29 is 9.26 Å². The fraction of sp³-hybridized carbons (Fsp3) is 0.357. The number of hydrogen-bond acceptors (Lipinski definition) is 6. The minimum absolute atomic E-state index is 0.206. The zero-order valence-corrected chi connectivity index (χ0v) is 21.6. The Bertz CT molecular complexity index is 1430. The number of H-pyrrole nitrogens is 1. The van der Waals surface area contributed by atoms with E-state index in [0.717, 1.165) is 41.5 Å². The third kappa shape index (κ3) is 5.27. The molecule has 2 aromatic heterocycles. The molecule has 0 amide bonds. The number of piperidine rings is 1. The number of nitrogens with zero attached hydrogens (tertiary/aromatic N) is 1. The summed E-state index contributed by atoms with van der Waals surface area (Å²) in [6.07, 6.45) is 4.46. The van der Waals surface area contributed by atoms with E-state index in [1.807, 2.05) is 39.0 Å². The number of rotatable bonds is 7. The minimum Gasteiger partial charge on any atom is -0.492 e. The van der Waals surface area contributed by atoms with E-state index in [-0.39, 0.29) is 5.56 Å². The number of anilines is 2. The summed E-state index contributed by atoms with van der Waals surface area (Å²) in [5, 5.41) is 12.0. The SMILES string of the molecule is Cc1cc(C)cc(-c2c(OCC[C@H]3CCCCN3)c3cc(Nc4cc(C)on4)c(Cl)cc3[nH]c2=O)c1. The Balaban J connectivity index is 1.61. The number of halogens is 1. The monoisotopic (exact) mass is 506 g/mol. The van der Waals surface area contributed by atoms with Crippen molar-refractivity contribution in [1.29, 1.82) is 0 Å². The lowest BCUT2D eigenvalue weighted by atomic mass is 9.99. The summed E-state index contributed by atoms with van der Waals surface area (Å²) < 4.78 is 11.6. The van der Waals surface area contributed by atoms with Crippen molar-refractivity contribution in [2.45, 2.75) is 52.5 Å². The number of nitrogens with one attached hydrogen (secondary N) is 3. The second-order valence-corrected chi connectivity index (χ2v) is 10.1. The minimum atomic E-state index is -0.206. The first kappa shape index (κ1) is 24.4. The van der Waals surface area contributed by atoms with Gasteiger partial charge < -0.3 is 24.9 Å². The fourth-order valence-corrected chi connectivity index (χ4v) is 5.16. The van der Waals surface area contributed by atoms with E-state index >= 15 is 0 Å². The van der Waals surface area contributed by atoms with Crippen molar-refractivity contribution in [3.05, 3.63) is 68.7 Å². The van der Waals surface area contributed by atoms with E-state index in [1.165, 1.54) is 12.8 Å². The summed E-state index contributed by atoms with van der Waals surface area (Å²) in [4.78, 5) is 16.4. The molecule has 188 valence electrons. The van der Waals surface area contributed by atoms with Crippen LogP contribution in [-0.4, -0.2) is 29.3 Å². The quantitative estimate of drug-likeness (QED) is 0.268. The normalized spacial score (nSPS) is 15.8. The van der Waals surface area contributed by atoms with Crippen LogP contribution in [0.15, 0.2) is 45.7 Å². The first-order valence-corrected chi connectivity index (χ1v) is 12.8. The van der Waals surface area contributed by atoms with Crippen LogP contribution in [0.25, 0.3) is 22.0 Å². The molecule has 0 bridgehead atoms. The van der Waals surface area contributed by atoms with Gasteiger partial charge in [0.1, 0.15) is 11.5 Å². The summed E-state index contributed by atoms with van der Waals surface area (Å²) in [5.41, 5.74) is 4.58. The molecule has 36 heavy (non-hydrogen) atoms. The van der Waals surface area contributed by atoms with E-state index in [9.17, 15) is 4.79 Å². The van der Waals surface area contributed by atoms with Crippen LogP contribution in [0.2, 0.25) is 5.02 Å². The van der Waals surface area contributed by atoms with Gasteiger partial charge in [0.05, 0.1) is 28.4 Å². The number of aromatic nitrogens is 2. The van der Waals surface area contributed by atoms with Crippen molar-refractivity contribution in [2.75, 3.05) is 18.5 Å². The topological polar surface area (TPSA) is 92.2 Å². The molecule has 0 unspecified atom stereocenters. The van der Waals surface area contributed by atoms with Gasteiger partial charge in [-0.2, -0.15) is 0 Å². The third-order valence-corrected chi connectivity index (χ3v) is 6.89. The highest BCUT2D eigenvalue weighted by Crippen LogP contribution is 2.38. The number of fused-ring (bicyclic) bond motifs is 1. The second-order valence-electron chi connectivity index (χ2n) is 9.64. The fourth-order valence-electron chi connectivity index (χ4n) is 4.95. The summed E-state index contributed by atoms with van der Waals surface area (Å²) >= 11 is 6.58. The van der Waals surface area contributed by atoms with Crippen LogP contribution < -0.4 is 20.9 Å². The average molecular weight is 507 g/mol. The Morgan fingerprint density at radius 1 is 1.11 bits per heavy atom. The standard InChI is InChI=1S/C28H31ClN4O3/c1-16-10-17(2)12-19(11-16)26-27(35-9-7-20-6-4-5-8-30-20)21-14-24(31-25-13-18(3)36-33-25)22(29)15-23(21)32-28(26)34/h10-15,20,30H,4-9H2,1-3H3,(H,31,33)(H,32,34)/t20-/m1/s1. The van der Waals surface area contributed by atoms with E-state index < -0.39 is 0 Å². The van der Waals surface area contributed by atoms with Crippen LogP contribution in [-0.2, 0) is 0 Å². The number of benzene rings is 2. The summed E-state index contributed by atoms with van der Waals surface area (Å²) in [5.74, 6) is 1.81. The molecule has 3 heterocycles. The van der Waals surface area contributed by atoms with E-state index in [2.05, 4.69) is 26.8 Å². The largest absolute Gasteiger partial charge is 0.492 e. The predicted molar refractivity (Wildman–Crippen MR) is 145 cm³/mol. The average Bonchev–Trinajstić information content (AvgIpc) is 3.24. The Labute approximate surface area is 215 Å². The predicted octanol–water partition coefficient (Wildman–Crippen LogP) is 6.42. The molecule has 3 N–H and O–H groups in total. The number of hydrogen-bond donors (Lipinski definition) is 3. The maximum atomic E-state index is 13.4. The smallest absolute Gasteiger partial charge is 0.260 e. The van der Waals surface area contributed by atoms with Gasteiger partial charge in [0.15, 0.2) is 5.82 Å². The summed E-state index contributed by atoms with van der Waals surface area (Å²) in [6, 6.07) is 12.0. The van der Waals surface area contributed by atoms with Gasteiger partial charge in [-0.15, -0.1) is 0 Å². The molecular weight excluding hydrogens is 476 g/mol. The number of aromatic amines is 1. The van der Waals surface area contributed by atoms with E-state index in [4.69, 9.17) is 20.9 Å². The van der Waals surface area contributed by atoms with Crippen molar-refractivity contribution in [3.63, 3.8) is 0 Å². The molecule has 8 heteroatoms. The van der Waals surface area contributed by atoms with Crippen molar-refractivity contribution >= 4 is 34.0 Å².